The Kier molecular flexibility index (Phi) is 3.08. The van der Waals surface area contributed by atoms with E-state index in [1.54, 1.807) is 12.1 Å². The van der Waals surface area contributed by atoms with E-state index in [1.165, 1.54) is 17.1 Å². The van der Waals surface area contributed by atoms with Gasteiger partial charge in [0.1, 0.15) is 12.4 Å². The number of nitrogens with zero attached hydrogens (tertiary/aromatic N) is 4. The lowest BCUT2D eigenvalue weighted by Gasteiger charge is -2.04. The first-order chi connectivity index (χ1) is 8.24. The van der Waals surface area contributed by atoms with Gasteiger partial charge >= 0.3 is 5.97 Å². The standard InChI is InChI=1S/C10H9FN4O2/c11-3-6-15-9(7-1-4-12-5-2-7)8(10(16)17)13-14-15/h1-2,4-5H,3,6H2,(H,16,17). The quantitative estimate of drug-likeness (QED) is 0.856. The molecule has 0 aromatic carbocycles. The molecule has 6 nitrogen and oxygen atoms in total. The van der Waals surface area contributed by atoms with Crippen LogP contribution in [-0.2, 0) is 6.54 Å². The molecule has 2 aromatic rings. The number of aromatic carboxylic acids is 1. The van der Waals surface area contributed by atoms with Crippen LogP contribution < -0.4 is 0 Å². The molecule has 0 unspecified atom stereocenters. The molecule has 0 aliphatic carbocycles. The van der Waals surface area contributed by atoms with E-state index < -0.39 is 12.6 Å². The van der Waals surface area contributed by atoms with Gasteiger partial charge < -0.3 is 5.11 Å². The second kappa shape index (κ2) is 4.69. The van der Waals surface area contributed by atoms with Crippen molar-refractivity contribution in [3.05, 3.63) is 30.2 Å². The molecular weight excluding hydrogens is 227 g/mol. The zero-order valence-corrected chi connectivity index (χ0v) is 8.75. The first-order valence-electron chi connectivity index (χ1n) is 4.87. The fourth-order valence-electron chi connectivity index (χ4n) is 1.49. The van der Waals surface area contributed by atoms with E-state index in [0.29, 0.717) is 5.56 Å². The number of carboxylic acids is 1. The van der Waals surface area contributed by atoms with Crippen LogP contribution in [0, 0.1) is 0 Å². The summed E-state index contributed by atoms with van der Waals surface area (Å²) in [6, 6.07) is 3.25. The molecule has 2 rings (SSSR count). The zero-order valence-electron chi connectivity index (χ0n) is 8.75. The van der Waals surface area contributed by atoms with Gasteiger partial charge in [0, 0.05) is 18.0 Å². The Bertz CT molecular complexity index is 526. The van der Waals surface area contributed by atoms with Gasteiger partial charge in [-0.15, -0.1) is 5.10 Å². The van der Waals surface area contributed by atoms with Crippen LogP contribution in [-0.4, -0.2) is 37.7 Å². The smallest absolute Gasteiger partial charge is 0.358 e. The van der Waals surface area contributed by atoms with Crippen LogP contribution in [0.4, 0.5) is 4.39 Å². The van der Waals surface area contributed by atoms with Gasteiger partial charge in [-0.05, 0) is 12.1 Å². The van der Waals surface area contributed by atoms with Crippen LogP contribution in [0.5, 0.6) is 0 Å². The summed E-state index contributed by atoms with van der Waals surface area (Å²) in [6.07, 6.45) is 3.04. The Morgan fingerprint density at radius 1 is 1.41 bits per heavy atom. The number of halogens is 1. The first-order valence-corrected chi connectivity index (χ1v) is 4.87. The molecule has 1 N–H and O–H groups in total. The Balaban J connectivity index is 2.56. The lowest BCUT2D eigenvalue weighted by molar-refractivity contribution is 0.0691. The van der Waals surface area contributed by atoms with E-state index in [-0.39, 0.29) is 17.9 Å². The Hall–Kier alpha value is -2.31. The van der Waals surface area contributed by atoms with Crippen LogP contribution in [0.25, 0.3) is 11.3 Å². The predicted octanol–water partition coefficient (Wildman–Crippen LogP) is 1.01. The summed E-state index contributed by atoms with van der Waals surface area (Å²) in [5, 5.41) is 16.1. The molecule has 0 amide bonds. The molecule has 7 heteroatoms. The van der Waals surface area contributed by atoms with E-state index in [4.69, 9.17) is 5.11 Å². The average Bonchev–Trinajstić information content (AvgIpc) is 2.74. The molecule has 0 saturated carbocycles. The van der Waals surface area contributed by atoms with Crippen LogP contribution in [0.3, 0.4) is 0 Å². The van der Waals surface area contributed by atoms with Crippen LogP contribution in [0.1, 0.15) is 10.5 Å². The number of hydrogen-bond acceptors (Lipinski definition) is 4. The molecule has 88 valence electrons. The second-order valence-electron chi connectivity index (χ2n) is 3.24. The zero-order chi connectivity index (χ0) is 12.3. The van der Waals surface area contributed by atoms with E-state index in [1.807, 2.05) is 0 Å². The summed E-state index contributed by atoms with van der Waals surface area (Å²) >= 11 is 0. The van der Waals surface area contributed by atoms with Crippen molar-refractivity contribution in [2.75, 3.05) is 6.67 Å². The van der Waals surface area contributed by atoms with Crippen LogP contribution >= 0.6 is 0 Å². The SMILES string of the molecule is O=C(O)c1nnn(CCF)c1-c1ccncc1. The van der Waals surface area contributed by atoms with Crippen molar-refractivity contribution in [2.24, 2.45) is 0 Å². The summed E-state index contributed by atoms with van der Waals surface area (Å²) < 4.78 is 13.6. The highest BCUT2D eigenvalue weighted by Gasteiger charge is 2.20. The van der Waals surface area contributed by atoms with Crippen molar-refractivity contribution < 1.29 is 14.3 Å². The molecule has 0 saturated heterocycles. The second-order valence-corrected chi connectivity index (χ2v) is 3.24. The highest BCUT2D eigenvalue weighted by molar-refractivity contribution is 5.92. The number of alkyl halides is 1. The molecule has 0 fully saturated rings. The van der Waals surface area contributed by atoms with Gasteiger partial charge in [0.25, 0.3) is 0 Å². The lowest BCUT2D eigenvalue weighted by Crippen LogP contribution is -2.06. The molecule has 17 heavy (non-hydrogen) atoms. The summed E-state index contributed by atoms with van der Waals surface area (Å²) in [5.41, 5.74) is 0.693. The maximum Gasteiger partial charge on any atom is 0.358 e. The molecule has 0 aliphatic heterocycles. The van der Waals surface area contributed by atoms with Gasteiger partial charge in [0.2, 0.25) is 0 Å². The topological polar surface area (TPSA) is 80.9 Å². The van der Waals surface area contributed by atoms with Gasteiger partial charge in [-0.25, -0.2) is 13.9 Å². The molecule has 0 aliphatic rings. The maximum atomic E-state index is 12.3. The highest BCUT2D eigenvalue weighted by atomic mass is 19.1. The van der Waals surface area contributed by atoms with Crippen LogP contribution in [0.2, 0.25) is 0 Å². The van der Waals surface area contributed by atoms with Crippen molar-refractivity contribution >= 4 is 5.97 Å². The minimum atomic E-state index is -1.19. The molecule has 2 heterocycles. The number of aryl methyl sites for hydroxylation is 1. The predicted molar refractivity (Wildman–Crippen MR) is 56.2 cm³/mol. The highest BCUT2D eigenvalue weighted by Crippen LogP contribution is 2.21. The van der Waals surface area contributed by atoms with Crippen molar-refractivity contribution in [1.82, 2.24) is 20.0 Å². The number of carboxylic acid groups (broad SMARTS) is 1. The third-order valence-corrected chi connectivity index (χ3v) is 2.19. The van der Waals surface area contributed by atoms with Gasteiger partial charge in [0.15, 0.2) is 5.69 Å². The Morgan fingerprint density at radius 2 is 2.12 bits per heavy atom. The van der Waals surface area contributed by atoms with Gasteiger partial charge in [-0.2, -0.15) is 0 Å². The molecule has 0 atom stereocenters. The van der Waals surface area contributed by atoms with Gasteiger partial charge in [-0.1, -0.05) is 5.21 Å². The maximum absolute atomic E-state index is 12.3. The largest absolute Gasteiger partial charge is 0.476 e. The number of rotatable bonds is 4. The average molecular weight is 236 g/mol. The Morgan fingerprint density at radius 3 is 2.71 bits per heavy atom. The van der Waals surface area contributed by atoms with Crippen molar-refractivity contribution in [2.45, 2.75) is 6.54 Å². The van der Waals surface area contributed by atoms with Crippen molar-refractivity contribution in [1.29, 1.82) is 0 Å². The van der Waals surface area contributed by atoms with E-state index in [9.17, 15) is 9.18 Å². The number of aromatic nitrogens is 4. The monoisotopic (exact) mass is 236 g/mol. The minimum Gasteiger partial charge on any atom is -0.476 e. The summed E-state index contributed by atoms with van der Waals surface area (Å²) in [4.78, 5) is 14.8. The van der Waals surface area contributed by atoms with Crippen molar-refractivity contribution in [3.63, 3.8) is 0 Å². The Labute approximate surface area is 95.7 Å². The number of carbonyl (C=O) groups is 1. The van der Waals surface area contributed by atoms with E-state index in [0.717, 1.165) is 0 Å². The molecule has 0 radical (unpaired) electrons. The molecule has 0 bridgehead atoms. The van der Waals surface area contributed by atoms with Crippen LogP contribution in [0.15, 0.2) is 24.5 Å². The molecule has 2 aromatic heterocycles. The normalized spacial score (nSPS) is 10.4. The molecule has 0 spiro atoms. The fourth-order valence-corrected chi connectivity index (χ4v) is 1.49. The summed E-state index contributed by atoms with van der Waals surface area (Å²) in [6.45, 7) is -0.668. The van der Waals surface area contributed by atoms with E-state index >= 15 is 0 Å². The van der Waals surface area contributed by atoms with Crippen molar-refractivity contribution in [3.8, 4) is 11.3 Å². The number of hydrogen-bond donors (Lipinski definition) is 1. The third kappa shape index (κ3) is 2.12. The minimum absolute atomic E-state index is 0.0298. The summed E-state index contributed by atoms with van der Waals surface area (Å²) in [7, 11) is 0. The third-order valence-electron chi connectivity index (χ3n) is 2.19. The van der Waals surface area contributed by atoms with E-state index in [2.05, 4.69) is 15.3 Å². The number of pyridine rings is 1. The van der Waals surface area contributed by atoms with Gasteiger partial charge in [0.05, 0.1) is 6.54 Å². The lowest BCUT2D eigenvalue weighted by atomic mass is 10.1. The molecular formula is C10H9FN4O2. The summed E-state index contributed by atoms with van der Waals surface area (Å²) in [5.74, 6) is -1.19. The fraction of sp³-hybridized carbons (Fsp3) is 0.200. The first kappa shape index (κ1) is 11.2. The van der Waals surface area contributed by atoms with Gasteiger partial charge in [-0.3, -0.25) is 4.98 Å².